The minimum Gasteiger partial charge on any atom is -0.322 e. The fourth-order valence-corrected chi connectivity index (χ4v) is 4.72. The van der Waals surface area contributed by atoms with E-state index in [1.54, 1.807) is 0 Å². The van der Waals surface area contributed by atoms with Crippen molar-refractivity contribution < 1.29 is 4.79 Å². The summed E-state index contributed by atoms with van der Waals surface area (Å²) in [6.45, 7) is 9.88. The Morgan fingerprint density at radius 2 is 1.66 bits per heavy atom. The summed E-state index contributed by atoms with van der Waals surface area (Å²) in [7, 11) is 0. The Hall–Kier alpha value is -3.71. The van der Waals surface area contributed by atoms with Gasteiger partial charge in [0.1, 0.15) is 11.3 Å². The molecule has 4 aromatic rings. The lowest BCUT2D eigenvalue weighted by Crippen LogP contribution is -2.49. The molecule has 0 radical (unpaired) electrons. The van der Waals surface area contributed by atoms with Gasteiger partial charge in [0, 0.05) is 43.8 Å². The maximum Gasteiger partial charge on any atom is 0.321 e. The minimum absolute atomic E-state index is 0.0329. The summed E-state index contributed by atoms with van der Waals surface area (Å²) in [5, 5.41) is 3.11. The smallest absolute Gasteiger partial charge is 0.321 e. The second-order valence-electron chi connectivity index (χ2n) is 9.19. The van der Waals surface area contributed by atoms with Crippen LogP contribution in [0.15, 0.2) is 60.8 Å². The molecule has 1 aliphatic rings. The quantitative estimate of drug-likeness (QED) is 0.450. The number of imidazole rings is 1. The number of nitrogens with one attached hydrogen (secondary N) is 1. The third-order valence-electron chi connectivity index (χ3n) is 6.83. The summed E-state index contributed by atoms with van der Waals surface area (Å²) in [4.78, 5) is 26.7. The topological polar surface area (TPSA) is 66.3 Å². The first-order chi connectivity index (χ1) is 17.0. The zero-order chi connectivity index (χ0) is 24.4. The predicted molar refractivity (Wildman–Crippen MR) is 140 cm³/mol. The number of hydrogen-bond acceptors (Lipinski definition) is 4. The first-order valence-electron chi connectivity index (χ1n) is 12.3. The summed E-state index contributed by atoms with van der Waals surface area (Å²) in [5.74, 6) is 0.969. The SMILES string of the molecule is CCc1ccc(-n2c(CN3CCN(C(=O)Nc4c(C)cccc4C)CC3)nc3cccnc32)cc1. The molecule has 3 heterocycles. The number of fused-ring (bicyclic) bond motifs is 1. The summed E-state index contributed by atoms with van der Waals surface area (Å²) < 4.78 is 2.16. The number of urea groups is 1. The van der Waals surface area contributed by atoms with E-state index in [-0.39, 0.29) is 6.03 Å². The molecule has 2 amide bonds. The lowest BCUT2D eigenvalue weighted by atomic mass is 10.1. The van der Waals surface area contributed by atoms with Crippen molar-refractivity contribution in [3.05, 3.63) is 83.3 Å². The number of rotatable bonds is 5. The molecular weight excluding hydrogens is 436 g/mol. The molecule has 35 heavy (non-hydrogen) atoms. The van der Waals surface area contributed by atoms with Gasteiger partial charge in [-0.2, -0.15) is 0 Å². The van der Waals surface area contributed by atoms with Crippen LogP contribution in [-0.4, -0.2) is 56.5 Å². The lowest BCUT2D eigenvalue weighted by molar-refractivity contribution is 0.140. The van der Waals surface area contributed by atoms with E-state index in [1.165, 1.54) is 5.56 Å². The summed E-state index contributed by atoms with van der Waals surface area (Å²) in [6.07, 6.45) is 2.83. The Balaban J connectivity index is 1.30. The number of hydrogen-bond donors (Lipinski definition) is 1. The number of carbonyl (C=O) groups excluding carboxylic acids is 1. The van der Waals surface area contributed by atoms with Gasteiger partial charge in [-0.1, -0.05) is 37.3 Å². The number of anilines is 1. The molecule has 0 aliphatic carbocycles. The second kappa shape index (κ2) is 9.88. The fourth-order valence-electron chi connectivity index (χ4n) is 4.72. The van der Waals surface area contributed by atoms with Crippen LogP contribution in [0.5, 0.6) is 0 Å². The Bertz CT molecular complexity index is 1320. The zero-order valence-electron chi connectivity index (χ0n) is 20.7. The molecular formula is C28H32N6O. The summed E-state index contributed by atoms with van der Waals surface area (Å²) >= 11 is 0. The van der Waals surface area contributed by atoms with Crippen molar-refractivity contribution in [2.24, 2.45) is 0 Å². The van der Waals surface area contributed by atoms with Crippen LogP contribution < -0.4 is 5.32 Å². The van der Waals surface area contributed by atoms with Crippen molar-refractivity contribution >= 4 is 22.9 Å². The van der Waals surface area contributed by atoms with E-state index in [1.807, 2.05) is 55.3 Å². The molecule has 0 atom stereocenters. The second-order valence-corrected chi connectivity index (χ2v) is 9.19. The molecule has 1 N–H and O–H groups in total. The van der Waals surface area contributed by atoms with E-state index >= 15 is 0 Å². The van der Waals surface area contributed by atoms with Gasteiger partial charge < -0.3 is 10.2 Å². The first kappa shape index (κ1) is 23.1. The van der Waals surface area contributed by atoms with Gasteiger partial charge in [0.2, 0.25) is 0 Å². The Morgan fingerprint density at radius 1 is 0.943 bits per heavy atom. The van der Waals surface area contributed by atoms with Crippen LogP contribution in [-0.2, 0) is 13.0 Å². The van der Waals surface area contributed by atoms with Crippen molar-refractivity contribution in [3.8, 4) is 5.69 Å². The van der Waals surface area contributed by atoms with Crippen LogP contribution in [0.1, 0.15) is 29.4 Å². The normalized spacial score (nSPS) is 14.4. The molecule has 0 saturated carbocycles. The monoisotopic (exact) mass is 468 g/mol. The molecule has 0 bridgehead atoms. The van der Waals surface area contributed by atoms with Crippen LogP contribution >= 0.6 is 0 Å². The highest BCUT2D eigenvalue weighted by Gasteiger charge is 2.24. The molecule has 2 aromatic heterocycles. The molecule has 5 rings (SSSR count). The molecule has 180 valence electrons. The highest BCUT2D eigenvalue weighted by atomic mass is 16.2. The first-order valence-corrected chi connectivity index (χ1v) is 12.3. The van der Waals surface area contributed by atoms with E-state index in [2.05, 4.69) is 51.0 Å². The van der Waals surface area contributed by atoms with Gasteiger partial charge in [-0.25, -0.2) is 14.8 Å². The van der Waals surface area contributed by atoms with Gasteiger partial charge in [-0.15, -0.1) is 0 Å². The fraction of sp³-hybridized carbons (Fsp3) is 0.321. The Morgan fingerprint density at radius 3 is 2.34 bits per heavy atom. The van der Waals surface area contributed by atoms with E-state index in [0.29, 0.717) is 19.6 Å². The van der Waals surface area contributed by atoms with E-state index in [4.69, 9.17) is 4.98 Å². The standard InChI is InChI=1S/C28H32N6O/c1-4-22-10-12-23(13-11-22)34-25(30-24-9-6-14-29-27(24)34)19-32-15-17-33(18-16-32)28(35)31-26-20(2)7-5-8-21(26)3/h5-14H,4,15-19H2,1-3H3,(H,31,35). The third-order valence-corrected chi connectivity index (χ3v) is 6.83. The maximum absolute atomic E-state index is 12.9. The van der Waals surface area contributed by atoms with Gasteiger partial charge in [0.25, 0.3) is 0 Å². The van der Waals surface area contributed by atoms with E-state index < -0.39 is 0 Å². The number of nitrogens with zero attached hydrogens (tertiary/aromatic N) is 5. The molecule has 7 nitrogen and oxygen atoms in total. The highest BCUT2D eigenvalue weighted by Crippen LogP contribution is 2.23. The zero-order valence-corrected chi connectivity index (χ0v) is 20.7. The van der Waals surface area contributed by atoms with Gasteiger partial charge in [-0.3, -0.25) is 9.47 Å². The summed E-state index contributed by atoms with van der Waals surface area (Å²) in [6, 6.07) is 18.6. The number of pyridine rings is 1. The van der Waals surface area contributed by atoms with Crippen LogP contribution in [0, 0.1) is 13.8 Å². The van der Waals surface area contributed by atoms with E-state index in [9.17, 15) is 4.79 Å². The molecule has 0 spiro atoms. The van der Waals surface area contributed by atoms with Crippen LogP contribution in [0.3, 0.4) is 0 Å². The van der Waals surface area contributed by atoms with Gasteiger partial charge in [0.15, 0.2) is 5.65 Å². The number of amides is 2. The van der Waals surface area contributed by atoms with Gasteiger partial charge in [-0.05, 0) is 61.2 Å². The average Bonchev–Trinajstić information content (AvgIpc) is 3.24. The number of aryl methyl sites for hydroxylation is 3. The number of aromatic nitrogens is 3. The molecule has 2 aromatic carbocycles. The maximum atomic E-state index is 12.9. The van der Waals surface area contributed by atoms with Crippen LogP contribution in [0.4, 0.5) is 10.5 Å². The molecule has 1 fully saturated rings. The number of piperazine rings is 1. The van der Waals surface area contributed by atoms with Gasteiger partial charge in [0.05, 0.1) is 6.54 Å². The Labute approximate surface area is 206 Å². The van der Waals surface area contributed by atoms with E-state index in [0.717, 1.165) is 59.0 Å². The van der Waals surface area contributed by atoms with Crippen LogP contribution in [0.2, 0.25) is 0 Å². The third kappa shape index (κ3) is 4.77. The van der Waals surface area contributed by atoms with Crippen LogP contribution in [0.25, 0.3) is 16.9 Å². The van der Waals surface area contributed by atoms with Crippen molar-refractivity contribution in [1.82, 2.24) is 24.3 Å². The molecule has 1 saturated heterocycles. The Kier molecular flexibility index (Phi) is 6.51. The number of carbonyl (C=O) groups is 1. The van der Waals surface area contributed by atoms with Crippen molar-refractivity contribution in [2.45, 2.75) is 33.7 Å². The van der Waals surface area contributed by atoms with Crippen molar-refractivity contribution in [1.29, 1.82) is 0 Å². The van der Waals surface area contributed by atoms with Gasteiger partial charge >= 0.3 is 6.03 Å². The highest BCUT2D eigenvalue weighted by molar-refractivity contribution is 5.91. The number of para-hydroxylation sites is 1. The number of benzene rings is 2. The molecule has 1 aliphatic heterocycles. The largest absolute Gasteiger partial charge is 0.322 e. The lowest BCUT2D eigenvalue weighted by Gasteiger charge is -2.34. The molecule has 7 heteroatoms. The molecule has 0 unspecified atom stereocenters. The van der Waals surface area contributed by atoms with Crippen molar-refractivity contribution in [3.63, 3.8) is 0 Å². The van der Waals surface area contributed by atoms with Crippen molar-refractivity contribution in [2.75, 3.05) is 31.5 Å². The predicted octanol–water partition coefficient (Wildman–Crippen LogP) is 4.95. The minimum atomic E-state index is -0.0329. The average molecular weight is 469 g/mol. The summed E-state index contributed by atoms with van der Waals surface area (Å²) in [5.41, 5.74) is 7.23.